The summed E-state index contributed by atoms with van der Waals surface area (Å²) in [6.45, 7) is 9.56. The molecule has 6 nitrogen and oxygen atoms in total. The van der Waals surface area contributed by atoms with E-state index in [0.29, 0.717) is 30.0 Å². The summed E-state index contributed by atoms with van der Waals surface area (Å²) in [7, 11) is 0. The van der Waals surface area contributed by atoms with Gasteiger partial charge in [0.05, 0.1) is 12.2 Å². The number of aryl methyl sites for hydroxylation is 2. The summed E-state index contributed by atoms with van der Waals surface area (Å²) in [6, 6.07) is 7.36. The highest BCUT2D eigenvalue weighted by atomic mass is 127. The summed E-state index contributed by atoms with van der Waals surface area (Å²) in [6.07, 6.45) is -0.0476. The molecule has 0 saturated carbocycles. The number of oxazole rings is 1. The number of nitrogens with one attached hydrogen (secondary N) is 2. The first-order valence-electron chi connectivity index (χ1n) is 8.35. The number of hydrogen-bond acceptors (Lipinski definition) is 4. The Kier molecular flexibility index (Phi) is 9.79. The molecule has 0 spiro atoms. The van der Waals surface area contributed by atoms with Gasteiger partial charge >= 0.3 is 0 Å². The summed E-state index contributed by atoms with van der Waals surface area (Å²) in [5.41, 5.74) is 0.895. The molecule has 0 fully saturated rings. The average Bonchev–Trinajstić information content (AvgIpc) is 2.88. The summed E-state index contributed by atoms with van der Waals surface area (Å²) >= 11 is 5.97. The van der Waals surface area contributed by atoms with Crippen molar-refractivity contribution in [3.63, 3.8) is 0 Å². The Bertz CT molecular complexity index is 701. The van der Waals surface area contributed by atoms with E-state index in [1.54, 1.807) is 6.07 Å². The molecule has 1 heterocycles. The Balaban J connectivity index is 0.00000338. The van der Waals surface area contributed by atoms with Crippen LogP contribution in [0.3, 0.4) is 0 Å². The van der Waals surface area contributed by atoms with E-state index in [-0.39, 0.29) is 30.1 Å². The van der Waals surface area contributed by atoms with Gasteiger partial charge in [-0.1, -0.05) is 17.7 Å². The Morgan fingerprint density at radius 1 is 1.35 bits per heavy atom. The van der Waals surface area contributed by atoms with Gasteiger partial charge in [0, 0.05) is 11.6 Å². The Labute approximate surface area is 176 Å². The van der Waals surface area contributed by atoms with Crippen LogP contribution in [0.2, 0.25) is 5.02 Å². The van der Waals surface area contributed by atoms with Crippen LogP contribution in [0.15, 0.2) is 33.7 Å². The predicted molar refractivity (Wildman–Crippen MR) is 116 cm³/mol. The van der Waals surface area contributed by atoms with Crippen LogP contribution in [0.1, 0.15) is 31.2 Å². The van der Waals surface area contributed by atoms with Crippen molar-refractivity contribution in [2.75, 3.05) is 13.1 Å². The number of hydrogen-bond donors (Lipinski definition) is 2. The van der Waals surface area contributed by atoms with Crippen LogP contribution in [0.25, 0.3) is 0 Å². The molecule has 1 atom stereocenters. The largest absolute Gasteiger partial charge is 0.489 e. The first kappa shape index (κ1) is 22.6. The minimum absolute atomic E-state index is 0. The van der Waals surface area contributed by atoms with E-state index in [2.05, 4.69) is 20.6 Å². The third-order valence-corrected chi connectivity index (χ3v) is 3.71. The first-order chi connectivity index (χ1) is 12.0. The Hall–Kier alpha value is -1.48. The second-order valence-electron chi connectivity index (χ2n) is 5.71. The maximum Gasteiger partial charge on any atom is 0.216 e. The Morgan fingerprint density at radius 3 is 2.73 bits per heavy atom. The van der Waals surface area contributed by atoms with Crippen molar-refractivity contribution in [2.24, 2.45) is 4.99 Å². The zero-order valence-corrected chi connectivity index (χ0v) is 18.6. The van der Waals surface area contributed by atoms with Gasteiger partial charge in [-0.25, -0.2) is 9.98 Å². The van der Waals surface area contributed by atoms with Crippen molar-refractivity contribution in [1.29, 1.82) is 0 Å². The number of rotatable bonds is 7. The molecule has 0 aliphatic carbocycles. The van der Waals surface area contributed by atoms with Crippen molar-refractivity contribution in [3.8, 4) is 5.75 Å². The highest BCUT2D eigenvalue weighted by Crippen LogP contribution is 2.18. The van der Waals surface area contributed by atoms with E-state index in [0.717, 1.165) is 23.7 Å². The van der Waals surface area contributed by atoms with E-state index in [1.165, 1.54) is 0 Å². The van der Waals surface area contributed by atoms with E-state index in [1.807, 2.05) is 45.9 Å². The number of halogens is 2. The van der Waals surface area contributed by atoms with Gasteiger partial charge in [-0.3, -0.25) is 0 Å². The zero-order chi connectivity index (χ0) is 18.2. The number of nitrogens with zero attached hydrogens (tertiary/aromatic N) is 2. The summed E-state index contributed by atoms with van der Waals surface area (Å²) < 4.78 is 11.4. The van der Waals surface area contributed by atoms with Crippen LogP contribution in [0, 0.1) is 13.8 Å². The molecule has 144 valence electrons. The van der Waals surface area contributed by atoms with Gasteiger partial charge < -0.3 is 19.8 Å². The molecule has 0 radical (unpaired) electrons. The molecule has 2 aromatic rings. The van der Waals surface area contributed by atoms with Gasteiger partial charge in [0.1, 0.15) is 24.2 Å². The Morgan fingerprint density at radius 2 is 2.12 bits per heavy atom. The van der Waals surface area contributed by atoms with Gasteiger partial charge in [0.15, 0.2) is 5.96 Å². The van der Waals surface area contributed by atoms with Crippen LogP contribution in [0.5, 0.6) is 5.75 Å². The minimum atomic E-state index is -0.0476. The smallest absolute Gasteiger partial charge is 0.216 e. The zero-order valence-electron chi connectivity index (χ0n) is 15.5. The van der Waals surface area contributed by atoms with Crippen molar-refractivity contribution >= 4 is 41.5 Å². The lowest BCUT2D eigenvalue weighted by atomic mass is 10.3. The highest BCUT2D eigenvalue weighted by Gasteiger charge is 2.08. The van der Waals surface area contributed by atoms with Crippen molar-refractivity contribution in [3.05, 3.63) is 46.6 Å². The monoisotopic (exact) mass is 492 g/mol. The van der Waals surface area contributed by atoms with Gasteiger partial charge in [-0.15, -0.1) is 24.0 Å². The standard InChI is InChI=1S/C18H25ClN4O2.HI/c1-5-20-18(22-11-17-23-13(3)14(4)25-17)21-10-12(2)24-16-8-6-7-15(19)9-16;/h6-9,12H,5,10-11H2,1-4H3,(H2,20,21,22);1H. The van der Waals surface area contributed by atoms with Crippen LogP contribution in [-0.2, 0) is 6.54 Å². The molecule has 2 rings (SSSR count). The minimum Gasteiger partial charge on any atom is -0.489 e. The van der Waals surface area contributed by atoms with Gasteiger partial charge in [0.2, 0.25) is 5.89 Å². The normalized spacial score (nSPS) is 12.3. The second-order valence-corrected chi connectivity index (χ2v) is 6.15. The van der Waals surface area contributed by atoms with E-state index < -0.39 is 0 Å². The summed E-state index contributed by atoms with van der Waals surface area (Å²) in [4.78, 5) is 8.83. The lowest BCUT2D eigenvalue weighted by Gasteiger charge is -2.17. The van der Waals surface area contributed by atoms with Crippen molar-refractivity contribution < 1.29 is 9.15 Å². The van der Waals surface area contributed by atoms with Gasteiger partial charge in [-0.2, -0.15) is 0 Å². The molecular formula is C18H26ClIN4O2. The van der Waals surface area contributed by atoms with E-state index in [4.69, 9.17) is 20.8 Å². The molecule has 0 saturated heterocycles. The number of ether oxygens (including phenoxy) is 1. The van der Waals surface area contributed by atoms with Gasteiger partial charge in [-0.05, 0) is 45.9 Å². The maximum atomic E-state index is 5.97. The van der Waals surface area contributed by atoms with Crippen molar-refractivity contribution in [2.45, 2.75) is 40.3 Å². The molecule has 1 unspecified atom stereocenters. The first-order valence-corrected chi connectivity index (χ1v) is 8.73. The average molecular weight is 493 g/mol. The van der Waals surface area contributed by atoms with Gasteiger partial charge in [0.25, 0.3) is 0 Å². The summed E-state index contributed by atoms with van der Waals surface area (Å²) in [5.74, 6) is 2.87. The van der Waals surface area contributed by atoms with E-state index >= 15 is 0 Å². The highest BCUT2D eigenvalue weighted by molar-refractivity contribution is 14.0. The van der Waals surface area contributed by atoms with Crippen LogP contribution >= 0.6 is 35.6 Å². The van der Waals surface area contributed by atoms with Crippen LogP contribution in [0.4, 0.5) is 0 Å². The topological polar surface area (TPSA) is 71.7 Å². The molecule has 0 aliphatic heterocycles. The molecule has 26 heavy (non-hydrogen) atoms. The SMILES string of the molecule is CCNC(=NCc1nc(C)c(C)o1)NCC(C)Oc1cccc(Cl)c1.I. The number of benzene rings is 1. The van der Waals surface area contributed by atoms with Crippen molar-refractivity contribution in [1.82, 2.24) is 15.6 Å². The maximum absolute atomic E-state index is 5.97. The van der Waals surface area contributed by atoms with E-state index in [9.17, 15) is 0 Å². The molecule has 2 N–H and O–H groups in total. The number of aromatic nitrogens is 1. The molecule has 0 amide bonds. The quantitative estimate of drug-likeness (QED) is 0.346. The third kappa shape index (κ3) is 7.41. The predicted octanol–water partition coefficient (Wildman–Crippen LogP) is 4.09. The molecule has 1 aromatic heterocycles. The number of aliphatic imine (C=N–C) groups is 1. The molecule has 0 aliphatic rings. The van der Waals surface area contributed by atoms with Crippen LogP contribution < -0.4 is 15.4 Å². The fraction of sp³-hybridized carbons (Fsp3) is 0.444. The molecule has 8 heteroatoms. The lowest BCUT2D eigenvalue weighted by molar-refractivity contribution is 0.224. The number of guanidine groups is 1. The fourth-order valence-electron chi connectivity index (χ4n) is 2.15. The van der Waals surface area contributed by atoms with Crippen LogP contribution in [-0.4, -0.2) is 30.1 Å². The molecule has 0 bridgehead atoms. The lowest BCUT2D eigenvalue weighted by Crippen LogP contribution is -2.41. The third-order valence-electron chi connectivity index (χ3n) is 3.48. The fourth-order valence-corrected chi connectivity index (χ4v) is 2.33. The molecular weight excluding hydrogens is 467 g/mol. The molecule has 1 aromatic carbocycles. The summed E-state index contributed by atoms with van der Waals surface area (Å²) in [5, 5.41) is 7.11. The second kappa shape index (κ2) is 11.3.